The second-order valence-corrected chi connectivity index (χ2v) is 8.99. The van der Waals surface area contributed by atoms with Gasteiger partial charge in [-0.05, 0) is 52.4 Å². The number of hydrogen-bond acceptors (Lipinski definition) is 2. The summed E-state index contributed by atoms with van der Waals surface area (Å²) < 4.78 is 92.3. The molecule has 2 aliphatic rings. The van der Waals surface area contributed by atoms with Crippen LogP contribution in [0.2, 0.25) is 0 Å². The summed E-state index contributed by atoms with van der Waals surface area (Å²) in [7, 11) is -12.0. The Kier molecular flexibility index (Phi) is 16.7. The molecule has 0 bridgehead atoms. The van der Waals surface area contributed by atoms with Crippen molar-refractivity contribution in [3.05, 3.63) is 0 Å². The molecule has 0 aromatic carbocycles. The summed E-state index contributed by atoms with van der Waals surface area (Å²) in [5.74, 6) is 0. The molecule has 2 fully saturated rings. The molecule has 0 unspecified atom stereocenters. The zero-order chi connectivity index (χ0) is 26.1. The maximum Gasteiger partial charge on any atom is 0.673 e. The van der Waals surface area contributed by atoms with Crippen molar-refractivity contribution < 1.29 is 53.0 Å². The monoisotopic (exact) mass is 516 g/mol. The molecule has 0 radical (unpaired) electrons. The van der Waals surface area contributed by atoms with Crippen LogP contribution in [0.3, 0.4) is 0 Å². The Morgan fingerprint density at radius 3 is 1.00 bits per heavy atom. The van der Waals surface area contributed by atoms with Gasteiger partial charge in [-0.2, -0.15) is 0 Å². The first kappa shape index (κ1) is 33.4. The highest BCUT2D eigenvalue weighted by Crippen LogP contribution is 2.19. The number of ether oxygens (including phenoxy) is 2. The second kappa shape index (κ2) is 17.0. The third-order valence-electron chi connectivity index (χ3n) is 6.66. The summed E-state index contributed by atoms with van der Waals surface area (Å²) in [6.07, 6.45) is 8.43. The predicted octanol–water partition coefficient (Wildman–Crippen LogP) is 5.66. The standard InChI is InChI=1S/C20H42N2O2.2BF4/c1-3-21(11-7-5-8-12-21)15-17-23-19-20-24-18-16-22(4-2)13-9-6-10-14-22;2*2-1(3,4)5/h3-20H2,1-2H3;;/q+2;2*-1. The average Bonchev–Trinajstić information content (AvgIpc) is 2.74. The van der Waals surface area contributed by atoms with Gasteiger partial charge in [-0.3, -0.25) is 0 Å². The number of likely N-dealkylation sites (tertiary alicyclic amines) is 2. The van der Waals surface area contributed by atoms with Gasteiger partial charge in [0, 0.05) is 0 Å². The number of rotatable bonds is 11. The molecular weight excluding hydrogens is 474 g/mol. The van der Waals surface area contributed by atoms with Crippen molar-refractivity contribution in [1.82, 2.24) is 0 Å². The molecule has 0 aromatic heterocycles. The summed E-state index contributed by atoms with van der Waals surface area (Å²) in [5.41, 5.74) is 0. The van der Waals surface area contributed by atoms with E-state index in [0.717, 1.165) is 26.4 Å². The Bertz CT molecular complexity index is 446. The van der Waals surface area contributed by atoms with Gasteiger partial charge in [-0.1, -0.05) is 0 Å². The highest BCUT2D eigenvalue weighted by Gasteiger charge is 2.28. The lowest BCUT2D eigenvalue weighted by atomic mass is 10.1. The molecule has 0 aliphatic carbocycles. The van der Waals surface area contributed by atoms with Crippen molar-refractivity contribution in [2.24, 2.45) is 0 Å². The van der Waals surface area contributed by atoms with Gasteiger partial charge in [0.05, 0.1) is 65.7 Å². The molecule has 2 heterocycles. The molecule has 206 valence electrons. The maximum absolute atomic E-state index is 9.75. The first-order valence-corrected chi connectivity index (χ1v) is 12.3. The van der Waals surface area contributed by atoms with Crippen molar-refractivity contribution in [3.8, 4) is 0 Å². The molecule has 4 nitrogen and oxygen atoms in total. The fourth-order valence-electron chi connectivity index (χ4n) is 4.60. The fourth-order valence-corrected chi connectivity index (χ4v) is 4.60. The third-order valence-corrected chi connectivity index (χ3v) is 6.66. The van der Waals surface area contributed by atoms with E-state index < -0.39 is 14.5 Å². The first-order chi connectivity index (χ1) is 15.7. The van der Waals surface area contributed by atoms with E-state index in [1.54, 1.807) is 0 Å². The van der Waals surface area contributed by atoms with Crippen LogP contribution in [-0.4, -0.2) is 102 Å². The van der Waals surface area contributed by atoms with Gasteiger partial charge in [-0.25, -0.2) is 0 Å². The van der Waals surface area contributed by atoms with E-state index in [-0.39, 0.29) is 0 Å². The predicted molar refractivity (Wildman–Crippen MR) is 121 cm³/mol. The van der Waals surface area contributed by atoms with Gasteiger partial charge in [0.1, 0.15) is 13.1 Å². The smallest absolute Gasteiger partial charge is 0.418 e. The Balaban J connectivity index is 0.000000916. The third kappa shape index (κ3) is 19.7. The molecule has 0 spiro atoms. The molecular formula is C20H42B2F8N2O2. The molecule has 0 saturated carbocycles. The first-order valence-electron chi connectivity index (χ1n) is 12.3. The lowest BCUT2D eigenvalue weighted by Gasteiger charge is -2.41. The lowest BCUT2D eigenvalue weighted by molar-refractivity contribution is -0.931. The van der Waals surface area contributed by atoms with Gasteiger partial charge < -0.3 is 53.0 Å². The maximum atomic E-state index is 9.75. The average molecular weight is 516 g/mol. The quantitative estimate of drug-likeness (QED) is 0.153. The highest BCUT2D eigenvalue weighted by molar-refractivity contribution is 6.50. The summed E-state index contributed by atoms with van der Waals surface area (Å²) in [4.78, 5) is 0. The highest BCUT2D eigenvalue weighted by atomic mass is 19.5. The number of nitrogens with zero attached hydrogens (tertiary/aromatic N) is 2. The lowest BCUT2D eigenvalue weighted by Crippen LogP contribution is -2.53. The van der Waals surface area contributed by atoms with E-state index in [1.165, 1.54) is 99.8 Å². The summed E-state index contributed by atoms with van der Waals surface area (Å²) >= 11 is 0. The van der Waals surface area contributed by atoms with Gasteiger partial charge in [-0.15, -0.1) is 0 Å². The summed E-state index contributed by atoms with van der Waals surface area (Å²) in [6, 6.07) is 0. The SMILES string of the molecule is CC[N+]1(CCOCCOCC[N+]2(CC)CCCCC2)CCCCC1.F[B-](F)(F)F.F[B-](F)(F)F. The van der Waals surface area contributed by atoms with Crippen LogP contribution in [-0.2, 0) is 9.47 Å². The van der Waals surface area contributed by atoms with Crippen LogP contribution in [0.4, 0.5) is 34.5 Å². The molecule has 0 amide bonds. The van der Waals surface area contributed by atoms with Crippen LogP contribution in [0.5, 0.6) is 0 Å². The molecule has 2 rings (SSSR count). The van der Waals surface area contributed by atoms with Crippen LogP contribution in [0, 0.1) is 0 Å². The van der Waals surface area contributed by atoms with Crippen LogP contribution in [0.1, 0.15) is 52.4 Å². The Morgan fingerprint density at radius 1 is 0.500 bits per heavy atom. The van der Waals surface area contributed by atoms with Crippen molar-refractivity contribution in [1.29, 1.82) is 0 Å². The minimum absolute atomic E-state index is 0.760. The number of likely N-dealkylation sites (N-methyl/N-ethyl adjacent to an activating group) is 2. The number of piperidine rings is 2. The number of quaternary nitrogens is 2. The second-order valence-electron chi connectivity index (χ2n) is 8.99. The van der Waals surface area contributed by atoms with Gasteiger partial charge in [0.2, 0.25) is 0 Å². The Morgan fingerprint density at radius 2 is 0.765 bits per heavy atom. The molecule has 0 N–H and O–H groups in total. The van der Waals surface area contributed by atoms with Crippen molar-refractivity contribution in [2.45, 2.75) is 52.4 Å². The molecule has 14 heteroatoms. The minimum atomic E-state index is -6.00. The minimum Gasteiger partial charge on any atom is -0.418 e. The Hall–Kier alpha value is -0.590. The van der Waals surface area contributed by atoms with E-state index >= 15 is 0 Å². The largest absolute Gasteiger partial charge is 0.673 e. The van der Waals surface area contributed by atoms with Crippen LogP contribution in [0.15, 0.2) is 0 Å². The van der Waals surface area contributed by atoms with Crippen molar-refractivity contribution >= 4 is 14.5 Å². The van der Waals surface area contributed by atoms with Crippen LogP contribution < -0.4 is 0 Å². The van der Waals surface area contributed by atoms with Gasteiger partial charge >= 0.3 is 14.5 Å². The van der Waals surface area contributed by atoms with E-state index in [2.05, 4.69) is 13.8 Å². The topological polar surface area (TPSA) is 18.5 Å². The van der Waals surface area contributed by atoms with Crippen LogP contribution in [0.25, 0.3) is 0 Å². The van der Waals surface area contributed by atoms with E-state index in [9.17, 15) is 34.5 Å². The summed E-state index contributed by atoms with van der Waals surface area (Å²) in [5, 5.41) is 0. The fraction of sp³-hybridized carbons (Fsp3) is 1.00. The van der Waals surface area contributed by atoms with E-state index in [4.69, 9.17) is 9.47 Å². The van der Waals surface area contributed by atoms with E-state index in [0.29, 0.717) is 0 Å². The number of hydrogen-bond donors (Lipinski definition) is 0. The van der Waals surface area contributed by atoms with Gasteiger partial charge in [0.25, 0.3) is 0 Å². The number of halogens is 8. The summed E-state index contributed by atoms with van der Waals surface area (Å²) in [6.45, 7) is 18.3. The molecule has 2 saturated heterocycles. The van der Waals surface area contributed by atoms with Crippen molar-refractivity contribution in [3.63, 3.8) is 0 Å². The van der Waals surface area contributed by atoms with E-state index in [1.807, 2.05) is 0 Å². The molecule has 34 heavy (non-hydrogen) atoms. The molecule has 2 aliphatic heterocycles. The molecule has 0 atom stereocenters. The normalized spacial score (nSPS) is 19.9. The van der Waals surface area contributed by atoms with Gasteiger partial charge in [0.15, 0.2) is 0 Å². The molecule has 0 aromatic rings. The Labute approximate surface area is 199 Å². The zero-order valence-electron chi connectivity index (χ0n) is 20.6. The van der Waals surface area contributed by atoms with Crippen LogP contribution >= 0.6 is 0 Å². The zero-order valence-corrected chi connectivity index (χ0v) is 20.6. The van der Waals surface area contributed by atoms with Crippen molar-refractivity contribution in [2.75, 3.05) is 78.8 Å².